The number of aryl methyl sites for hydroxylation is 1. The molecule has 0 aliphatic heterocycles. The van der Waals surface area contributed by atoms with Crippen LogP contribution in [0.2, 0.25) is 5.02 Å². The molecule has 30 heavy (non-hydrogen) atoms. The van der Waals surface area contributed by atoms with Crippen molar-refractivity contribution in [3.8, 4) is 11.3 Å². The number of nitrogens with one attached hydrogen (secondary N) is 2. The molecule has 150 valence electrons. The van der Waals surface area contributed by atoms with Gasteiger partial charge in [0.15, 0.2) is 5.82 Å². The van der Waals surface area contributed by atoms with E-state index in [4.69, 9.17) is 16.0 Å². The maximum absolute atomic E-state index is 12.4. The standard InChI is InChI=1S/C23H19ClN4O2/c1-15-5-10-20(30-15)14-25-23(29)17-3-2-4-19(13-17)26-22-12-11-21(27-28-22)16-6-8-18(24)9-7-16/h2-13H,14H2,1H3,(H,25,29)(H,26,28). The van der Waals surface area contributed by atoms with E-state index in [-0.39, 0.29) is 5.91 Å². The topological polar surface area (TPSA) is 80.0 Å². The summed E-state index contributed by atoms with van der Waals surface area (Å²) in [7, 11) is 0. The molecule has 0 spiro atoms. The Bertz CT molecular complexity index is 1150. The van der Waals surface area contributed by atoms with Gasteiger partial charge in [0.05, 0.1) is 12.2 Å². The minimum Gasteiger partial charge on any atom is -0.465 e. The van der Waals surface area contributed by atoms with Crippen LogP contribution >= 0.6 is 11.6 Å². The minimum absolute atomic E-state index is 0.183. The highest BCUT2D eigenvalue weighted by Crippen LogP contribution is 2.21. The van der Waals surface area contributed by atoms with Gasteiger partial charge in [0.2, 0.25) is 0 Å². The number of carbonyl (C=O) groups is 1. The lowest BCUT2D eigenvalue weighted by Gasteiger charge is -2.08. The van der Waals surface area contributed by atoms with Gasteiger partial charge < -0.3 is 15.1 Å². The number of hydrogen-bond acceptors (Lipinski definition) is 5. The molecule has 2 aromatic heterocycles. The number of amides is 1. The summed E-state index contributed by atoms with van der Waals surface area (Å²) in [6, 6.07) is 22.0. The smallest absolute Gasteiger partial charge is 0.251 e. The summed E-state index contributed by atoms with van der Waals surface area (Å²) in [5, 5.41) is 15.2. The molecule has 0 saturated heterocycles. The number of anilines is 2. The normalized spacial score (nSPS) is 10.6. The third-order valence-corrected chi connectivity index (χ3v) is 4.67. The Hall–Kier alpha value is -3.64. The molecule has 0 atom stereocenters. The van der Waals surface area contributed by atoms with Crippen LogP contribution in [0.3, 0.4) is 0 Å². The van der Waals surface area contributed by atoms with Gasteiger partial charge in [-0.2, -0.15) is 0 Å². The van der Waals surface area contributed by atoms with E-state index in [0.717, 1.165) is 22.7 Å². The van der Waals surface area contributed by atoms with E-state index in [0.29, 0.717) is 28.7 Å². The number of rotatable bonds is 6. The van der Waals surface area contributed by atoms with E-state index in [2.05, 4.69) is 20.8 Å². The van der Waals surface area contributed by atoms with Crippen molar-refractivity contribution >= 4 is 29.0 Å². The number of hydrogen-bond donors (Lipinski definition) is 2. The number of aromatic nitrogens is 2. The van der Waals surface area contributed by atoms with E-state index in [1.165, 1.54) is 0 Å². The summed E-state index contributed by atoms with van der Waals surface area (Å²) in [6.45, 7) is 2.20. The zero-order chi connectivity index (χ0) is 20.9. The fraction of sp³-hybridized carbons (Fsp3) is 0.0870. The highest BCUT2D eigenvalue weighted by molar-refractivity contribution is 6.30. The summed E-state index contributed by atoms with van der Waals surface area (Å²) in [5.41, 5.74) is 2.96. The predicted octanol–water partition coefficient (Wildman–Crippen LogP) is 5.37. The quantitative estimate of drug-likeness (QED) is 0.440. The van der Waals surface area contributed by atoms with Gasteiger partial charge in [0, 0.05) is 21.8 Å². The molecule has 4 rings (SSSR count). The van der Waals surface area contributed by atoms with Crippen LogP contribution in [0.5, 0.6) is 0 Å². The third kappa shape index (κ3) is 4.85. The van der Waals surface area contributed by atoms with Gasteiger partial charge in [-0.05, 0) is 61.5 Å². The lowest BCUT2D eigenvalue weighted by Crippen LogP contribution is -2.22. The number of carbonyl (C=O) groups excluding carboxylic acids is 1. The van der Waals surface area contributed by atoms with Crippen molar-refractivity contribution in [1.82, 2.24) is 15.5 Å². The van der Waals surface area contributed by atoms with E-state index in [9.17, 15) is 4.79 Å². The Morgan fingerprint density at radius 3 is 2.53 bits per heavy atom. The Morgan fingerprint density at radius 2 is 1.83 bits per heavy atom. The second-order valence-electron chi connectivity index (χ2n) is 6.71. The van der Waals surface area contributed by atoms with Gasteiger partial charge in [0.1, 0.15) is 11.5 Å². The van der Waals surface area contributed by atoms with Crippen LogP contribution in [0.25, 0.3) is 11.3 Å². The number of furan rings is 1. The van der Waals surface area contributed by atoms with Crippen LogP contribution in [-0.4, -0.2) is 16.1 Å². The van der Waals surface area contributed by atoms with Crippen LogP contribution in [-0.2, 0) is 6.54 Å². The molecule has 0 radical (unpaired) electrons. The van der Waals surface area contributed by atoms with Gasteiger partial charge in [-0.25, -0.2) is 0 Å². The van der Waals surface area contributed by atoms with Crippen LogP contribution in [0.1, 0.15) is 21.9 Å². The number of nitrogens with zero attached hydrogens (tertiary/aromatic N) is 2. The maximum Gasteiger partial charge on any atom is 0.251 e. The number of benzene rings is 2. The Balaban J connectivity index is 1.41. The molecule has 0 aliphatic rings. The van der Waals surface area contributed by atoms with Crippen LogP contribution in [0.15, 0.2) is 77.2 Å². The van der Waals surface area contributed by atoms with Crippen molar-refractivity contribution in [1.29, 1.82) is 0 Å². The minimum atomic E-state index is -0.183. The average Bonchev–Trinajstić information content (AvgIpc) is 3.18. The highest BCUT2D eigenvalue weighted by atomic mass is 35.5. The van der Waals surface area contributed by atoms with Crippen molar-refractivity contribution in [2.45, 2.75) is 13.5 Å². The van der Waals surface area contributed by atoms with Gasteiger partial charge in [-0.3, -0.25) is 4.79 Å². The van der Waals surface area contributed by atoms with Crippen LogP contribution in [0.4, 0.5) is 11.5 Å². The molecule has 0 fully saturated rings. The first-order chi connectivity index (χ1) is 14.6. The van der Waals surface area contributed by atoms with E-state index in [1.54, 1.807) is 12.1 Å². The molecule has 0 saturated carbocycles. The van der Waals surface area contributed by atoms with Gasteiger partial charge in [-0.15, -0.1) is 10.2 Å². The molecule has 2 N–H and O–H groups in total. The van der Waals surface area contributed by atoms with Gasteiger partial charge >= 0.3 is 0 Å². The molecule has 1 amide bonds. The molecular formula is C23H19ClN4O2. The predicted molar refractivity (Wildman–Crippen MR) is 117 cm³/mol. The van der Waals surface area contributed by atoms with Crippen molar-refractivity contribution in [2.24, 2.45) is 0 Å². The van der Waals surface area contributed by atoms with Crippen molar-refractivity contribution < 1.29 is 9.21 Å². The maximum atomic E-state index is 12.4. The largest absolute Gasteiger partial charge is 0.465 e. The first kappa shape index (κ1) is 19.7. The summed E-state index contributed by atoms with van der Waals surface area (Å²) in [6.07, 6.45) is 0. The summed E-state index contributed by atoms with van der Waals surface area (Å²) < 4.78 is 5.47. The molecule has 6 nitrogen and oxygen atoms in total. The molecule has 0 bridgehead atoms. The summed E-state index contributed by atoms with van der Waals surface area (Å²) in [4.78, 5) is 12.4. The van der Waals surface area contributed by atoms with Crippen molar-refractivity contribution in [2.75, 3.05) is 5.32 Å². The van der Waals surface area contributed by atoms with Gasteiger partial charge in [-0.1, -0.05) is 29.8 Å². The molecule has 2 heterocycles. The average molecular weight is 419 g/mol. The first-order valence-corrected chi connectivity index (χ1v) is 9.75. The molecule has 4 aromatic rings. The second-order valence-corrected chi connectivity index (χ2v) is 7.15. The van der Waals surface area contributed by atoms with Crippen LogP contribution in [0, 0.1) is 6.92 Å². The molecule has 0 unspecified atom stereocenters. The molecule has 2 aromatic carbocycles. The number of halogens is 1. The van der Waals surface area contributed by atoms with E-state index >= 15 is 0 Å². The van der Waals surface area contributed by atoms with Crippen molar-refractivity contribution in [3.05, 3.63) is 94.9 Å². The Morgan fingerprint density at radius 1 is 1.00 bits per heavy atom. The fourth-order valence-corrected chi connectivity index (χ4v) is 3.04. The SMILES string of the molecule is Cc1ccc(CNC(=O)c2cccc(Nc3ccc(-c4ccc(Cl)cc4)nn3)c2)o1. The Labute approximate surface area is 178 Å². The van der Waals surface area contributed by atoms with E-state index < -0.39 is 0 Å². The zero-order valence-electron chi connectivity index (χ0n) is 16.2. The van der Waals surface area contributed by atoms with Gasteiger partial charge in [0.25, 0.3) is 5.91 Å². The molecular weight excluding hydrogens is 400 g/mol. The monoisotopic (exact) mass is 418 g/mol. The second kappa shape index (κ2) is 8.80. The van der Waals surface area contributed by atoms with Crippen LogP contribution < -0.4 is 10.6 Å². The summed E-state index contributed by atoms with van der Waals surface area (Å²) in [5.74, 6) is 1.92. The fourth-order valence-electron chi connectivity index (χ4n) is 2.91. The lowest BCUT2D eigenvalue weighted by molar-refractivity contribution is 0.0948. The first-order valence-electron chi connectivity index (χ1n) is 9.37. The Kier molecular flexibility index (Phi) is 5.77. The van der Waals surface area contributed by atoms with Crippen molar-refractivity contribution in [3.63, 3.8) is 0 Å². The van der Waals surface area contributed by atoms with E-state index in [1.807, 2.05) is 67.6 Å². The molecule has 0 aliphatic carbocycles. The molecule has 7 heteroatoms. The summed E-state index contributed by atoms with van der Waals surface area (Å²) >= 11 is 5.92. The highest BCUT2D eigenvalue weighted by Gasteiger charge is 2.08. The lowest BCUT2D eigenvalue weighted by atomic mass is 10.1. The third-order valence-electron chi connectivity index (χ3n) is 4.42. The zero-order valence-corrected chi connectivity index (χ0v) is 17.0.